The molecule has 0 atom stereocenters. The summed E-state index contributed by atoms with van der Waals surface area (Å²) in [6, 6.07) is 16.8. The second kappa shape index (κ2) is 8.29. The Kier molecular flexibility index (Phi) is 5.40. The number of nitrogens with zero attached hydrogens (tertiary/aromatic N) is 5. The lowest BCUT2D eigenvalue weighted by molar-refractivity contribution is -0.384. The molecule has 0 radical (unpaired) electrons. The lowest BCUT2D eigenvalue weighted by Crippen LogP contribution is -2.04. The smallest absolute Gasteiger partial charge is 0.270 e. The maximum absolute atomic E-state index is 12.5. The van der Waals surface area contributed by atoms with Crippen molar-refractivity contribution in [1.82, 2.24) is 19.8 Å². The van der Waals surface area contributed by atoms with Crippen molar-refractivity contribution in [2.24, 2.45) is 0 Å². The van der Waals surface area contributed by atoms with Crippen molar-refractivity contribution in [3.8, 4) is 17.0 Å². The van der Waals surface area contributed by atoms with E-state index in [-0.39, 0.29) is 22.8 Å². The van der Waals surface area contributed by atoms with Gasteiger partial charge in [-0.15, -0.1) is 10.2 Å². The molecule has 0 fully saturated rings. The van der Waals surface area contributed by atoms with Crippen molar-refractivity contribution < 1.29 is 14.5 Å². The number of Topliss-reactive ketones (excluding diaryl/α,β-unsaturated/α-hetero) is 1. The van der Waals surface area contributed by atoms with Gasteiger partial charge >= 0.3 is 0 Å². The summed E-state index contributed by atoms with van der Waals surface area (Å²) in [5.74, 6) is 0.521. The van der Waals surface area contributed by atoms with E-state index in [0.29, 0.717) is 16.5 Å². The number of thioether (sulfide) groups is 1. The predicted octanol–water partition coefficient (Wildman–Crippen LogP) is 3.68. The molecule has 2 heterocycles. The normalized spacial score (nSPS) is 10.8. The molecular formula is C20H15N5O4S. The van der Waals surface area contributed by atoms with Crippen molar-refractivity contribution in [3.63, 3.8) is 0 Å². The highest BCUT2D eigenvalue weighted by Crippen LogP contribution is 2.24. The molecule has 0 spiro atoms. The van der Waals surface area contributed by atoms with Crippen LogP contribution in [0.4, 0.5) is 5.69 Å². The number of carbonyl (C=O) groups is 1. The quantitative estimate of drug-likeness (QED) is 0.192. The van der Waals surface area contributed by atoms with Crippen LogP contribution in [-0.2, 0) is 0 Å². The van der Waals surface area contributed by atoms with Gasteiger partial charge in [-0.05, 0) is 24.3 Å². The standard InChI is InChI=1S/C20H15N5O4S/c1-29-16-7-3-4-13(11-16)17-8-9-19-21-22-20(24(19)23-17)30-12-18(26)14-5-2-6-15(10-14)25(27)28/h2-11H,12H2,1H3. The average Bonchev–Trinajstić information content (AvgIpc) is 3.19. The van der Waals surface area contributed by atoms with Gasteiger partial charge in [0, 0.05) is 23.3 Å². The Morgan fingerprint density at radius 1 is 1.13 bits per heavy atom. The van der Waals surface area contributed by atoms with E-state index >= 15 is 0 Å². The van der Waals surface area contributed by atoms with E-state index in [1.165, 1.54) is 30.0 Å². The van der Waals surface area contributed by atoms with Gasteiger partial charge in [0.2, 0.25) is 5.16 Å². The zero-order valence-electron chi connectivity index (χ0n) is 15.8. The van der Waals surface area contributed by atoms with E-state index in [0.717, 1.165) is 11.3 Å². The van der Waals surface area contributed by atoms with Crippen LogP contribution in [0.3, 0.4) is 0 Å². The number of methoxy groups -OCH3 is 1. The number of carbonyl (C=O) groups excluding carboxylic acids is 1. The van der Waals surface area contributed by atoms with E-state index in [2.05, 4.69) is 15.3 Å². The molecule has 0 unspecified atom stereocenters. The average molecular weight is 421 g/mol. The van der Waals surface area contributed by atoms with Crippen molar-refractivity contribution in [2.75, 3.05) is 12.9 Å². The molecule has 0 amide bonds. The first kappa shape index (κ1) is 19.5. The number of nitro groups is 1. The Labute approximate surface area is 174 Å². The number of nitro benzene ring substituents is 1. The molecule has 4 aromatic rings. The summed E-state index contributed by atoms with van der Waals surface area (Å²) in [5, 5.41) is 24.1. The van der Waals surface area contributed by atoms with Gasteiger partial charge in [0.25, 0.3) is 5.69 Å². The molecule has 150 valence electrons. The molecule has 0 aliphatic carbocycles. The molecule has 2 aromatic heterocycles. The number of aromatic nitrogens is 4. The molecule has 0 bridgehead atoms. The number of non-ortho nitro benzene ring substituents is 1. The maximum Gasteiger partial charge on any atom is 0.270 e. The van der Waals surface area contributed by atoms with E-state index < -0.39 is 4.92 Å². The van der Waals surface area contributed by atoms with Gasteiger partial charge in [0.1, 0.15) is 5.75 Å². The topological polar surface area (TPSA) is 113 Å². The lowest BCUT2D eigenvalue weighted by Gasteiger charge is -2.05. The van der Waals surface area contributed by atoms with Gasteiger partial charge in [-0.1, -0.05) is 36.0 Å². The zero-order chi connectivity index (χ0) is 21.1. The fourth-order valence-electron chi connectivity index (χ4n) is 2.80. The summed E-state index contributed by atoms with van der Waals surface area (Å²) >= 11 is 1.17. The maximum atomic E-state index is 12.5. The highest BCUT2D eigenvalue weighted by atomic mass is 32.2. The molecule has 0 aliphatic heterocycles. The van der Waals surface area contributed by atoms with Gasteiger partial charge in [0.05, 0.1) is 23.5 Å². The van der Waals surface area contributed by atoms with Crippen LogP contribution in [0.2, 0.25) is 0 Å². The summed E-state index contributed by atoms with van der Waals surface area (Å²) < 4.78 is 6.83. The van der Waals surface area contributed by atoms with Crippen molar-refractivity contribution in [1.29, 1.82) is 0 Å². The Balaban J connectivity index is 1.56. The van der Waals surface area contributed by atoms with Crippen LogP contribution in [0, 0.1) is 10.1 Å². The fourth-order valence-corrected chi connectivity index (χ4v) is 3.58. The van der Waals surface area contributed by atoms with Gasteiger partial charge in [-0.3, -0.25) is 14.9 Å². The van der Waals surface area contributed by atoms with Gasteiger partial charge in [0.15, 0.2) is 11.4 Å². The summed E-state index contributed by atoms with van der Waals surface area (Å²) in [4.78, 5) is 22.9. The Hall–Kier alpha value is -3.79. The fraction of sp³-hybridized carbons (Fsp3) is 0.100. The van der Waals surface area contributed by atoms with Crippen LogP contribution in [0.1, 0.15) is 10.4 Å². The van der Waals surface area contributed by atoms with Gasteiger partial charge in [-0.25, -0.2) is 0 Å². The van der Waals surface area contributed by atoms with E-state index in [9.17, 15) is 14.9 Å². The van der Waals surface area contributed by atoms with Crippen LogP contribution in [-0.4, -0.2) is 43.4 Å². The first-order valence-electron chi connectivity index (χ1n) is 8.82. The van der Waals surface area contributed by atoms with Crippen molar-refractivity contribution in [2.45, 2.75) is 5.16 Å². The van der Waals surface area contributed by atoms with E-state index in [4.69, 9.17) is 4.74 Å². The summed E-state index contributed by atoms with van der Waals surface area (Å²) in [5.41, 5.74) is 2.27. The summed E-state index contributed by atoms with van der Waals surface area (Å²) in [7, 11) is 1.60. The number of ketones is 1. The van der Waals surface area contributed by atoms with Crippen LogP contribution < -0.4 is 4.74 Å². The molecule has 0 saturated heterocycles. The minimum Gasteiger partial charge on any atom is -0.497 e. The number of hydrogen-bond donors (Lipinski definition) is 0. The predicted molar refractivity (Wildman–Crippen MR) is 111 cm³/mol. The Morgan fingerprint density at radius 2 is 1.97 bits per heavy atom. The summed E-state index contributed by atoms with van der Waals surface area (Å²) in [6.45, 7) is 0. The highest BCUT2D eigenvalue weighted by molar-refractivity contribution is 7.99. The number of fused-ring (bicyclic) bond motifs is 1. The number of rotatable bonds is 7. The minimum absolute atomic E-state index is 0.0486. The Morgan fingerprint density at radius 3 is 2.77 bits per heavy atom. The van der Waals surface area contributed by atoms with E-state index in [1.54, 1.807) is 23.8 Å². The molecular weight excluding hydrogens is 406 g/mol. The van der Waals surface area contributed by atoms with Crippen molar-refractivity contribution >= 4 is 28.9 Å². The third-order valence-corrected chi connectivity index (χ3v) is 5.23. The molecule has 0 N–H and O–H groups in total. The molecule has 9 nitrogen and oxygen atoms in total. The minimum atomic E-state index is -0.528. The monoisotopic (exact) mass is 421 g/mol. The molecule has 10 heteroatoms. The molecule has 2 aromatic carbocycles. The largest absolute Gasteiger partial charge is 0.497 e. The van der Waals surface area contributed by atoms with Gasteiger partial charge < -0.3 is 4.74 Å². The van der Waals surface area contributed by atoms with Crippen LogP contribution in [0.5, 0.6) is 5.75 Å². The molecule has 4 rings (SSSR count). The first-order chi connectivity index (χ1) is 14.5. The van der Waals surface area contributed by atoms with Crippen LogP contribution >= 0.6 is 11.8 Å². The molecule has 0 saturated carbocycles. The first-order valence-corrected chi connectivity index (χ1v) is 9.81. The number of ether oxygens (including phenoxy) is 1. The molecule has 0 aliphatic rings. The summed E-state index contributed by atoms with van der Waals surface area (Å²) in [6.07, 6.45) is 0. The third-order valence-electron chi connectivity index (χ3n) is 4.31. The number of hydrogen-bond acceptors (Lipinski definition) is 8. The van der Waals surface area contributed by atoms with Crippen LogP contribution in [0.25, 0.3) is 16.9 Å². The lowest BCUT2D eigenvalue weighted by atomic mass is 10.1. The second-order valence-corrected chi connectivity index (χ2v) is 7.16. The SMILES string of the molecule is COc1cccc(-c2ccc3nnc(SCC(=O)c4cccc([N+](=O)[O-])c4)n3n2)c1. The van der Waals surface area contributed by atoms with E-state index in [1.807, 2.05) is 30.3 Å². The molecule has 30 heavy (non-hydrogen) atoms. The van der Waals surface area contributed by atoms with Gasteiger partial charge in [-0.2, -0.15) is 9.61 Å². The highest BCUT2D eigenvalue weighted by Gasteiger charge is 2.15. The Bertz CT molecular complexity index is 1260. The van der Waals surface area contributed by atoms with Crippen molar-refractivity contribution in [3.05, 3.63) is 76.3 Å². The third kappa shape index (κ3) is 3.98. The number of benzene rings is 2. The van der Waals surface area contributed by atoms with Crippen LogP contribution in [0.15, 0.2) is 65.8 Å². The second-order valence-electron chi connectivity index (χ2n) is 6.22. The zero-order valence-corrected chi connectivity index (χ0v) is 16.6.